The zero-order valence-electron chi connectivity index (χ0n) is 9.74. The van der Waals surface area contributed by atoms with Crippen LogP contribution in [0.2, 0.25) is 0 Å². The van der Waals surface area contributed by atoms with Crippen LogP contribution < -0.4 is 5.32 Å². The van der Waals surface area contributed by atoms with Crippen LogP contribution in [0.5, 0.6) is 0 Å². The number of carboxylic acids is 1. The fraction of sp³-hybridized carbons (Fsp3) is 0.333. The van der Waals surface area contributed by atoms with Gasteiger partial charge in [-0.2, -0.15) is 0 Å². The number of carbonyl (C=O) groups excluding carboxylic acids is 1. The van der Waals surface area contributed by atoms with E-state index in [1.165, 1.54) is 6.92 Å². The number of amides is 1. The molecular formula is C12H13F2NO3. The van der Waals surface area contributed by atoms with E-state index in [1.54, 1.807) is 0 Å². The number of hydrogen-bond donors (Lipinski definition) is 2. The fourth-order valence-electron chi connectivity index (χ4n) is 1.32. The van der Waals surface area contributed by atoms with Gasteiger partial charge in [-0.1, -0.05) is 0 Å². The third-order valence-corrected chi connectivity index (χ3v) is 2.47. The number of rotatable bonds is 5. The molecule has 0 saturated carbocycles. The van der Waals surface area contributed by atoms with Crippen LogP contribution >= 0.6 is 0 Å². The Balaban J connectivity index is 2.49. The summed E-state index contributed by atoms with van der Waals surface area (Å²) in [6.07, 6.45) is 0.0989. The van der Waals surface area contributed by atoms with E-state index in [0.717, 1.165) is 18.2 Å². The second-order valence-corrected chi connectivity index (χ2v) is 3.84. The van der Waals surface area contributed by atoms with Crippen LogP contribution in [-0.4, -0.2) is 23.5 Å². The van der Waals surface area contributed by atoms with Crippen LogP contribution in [0, 0.1) is 17.6 Å². The van der Waals surface area contributed by atoms with Crippen molar-refractivity contribution in [1.82, 2.24) is 5.32 Å². The topological polar surface area (TPSA) is 66.4 Å². The fourth-order valence-corrected chi connectivity index (χ4v) is 1.32. The molecule has 0 aliphatic rings. The summed E-state index contributed by atoms with van der Waals surface area (Å²) >= 11 is 0. The van der Waals surface area contributed by atoms with Gasteiger partial charge in [-0.15, -0.1) is 0 Å². The van der Waals surface area contributed by atoms with E-state index in [0.29, 0.717) is 0 Å². The molecule has 0 bridgehead atoms. The second-order valence-electron chi connectivity index (χ2n) is 3.84. The van der Waals surface area contributed by atoms with Crippen LogP contribution in [0.25, 0.3) is 0 Å². The minimum Gasteiger partial charge on any atom is -0.481 e. The molecule has 1 unspecified atom stereocenters. The van der Waals surface area contributed by atoms with Gasteiger partial charge in [0.05, 0.1) is 0 Å². The minimum absolute atomic E-state index is 0.0524. The molecule has 4 nitrogen and oxygen atoms in total. The average Bonchev–Trinajstić information content (AvgIpc) is 2.32. The van der Waals surface area contributed by atoms with E-state index in [2.05, 4.69) is 5.32 Å². The van der Waals surface area contributed by atoms with Crippen LogP contribution in [0.1, 0.15) is 12.5 Å². The van der Waals surface area contributed by atoms with Crippen LogP contribution in [-0.2, 0) is 16.0 Å². The van der Waals surface area contributed by atoms with Gasteiger partial charge in [-0.3, -0.25) is 9.59 Å². The summed E-state index contributed by atoms with van der Waals surface area (Å²) in [5, 5.41) is 10.9. The molecule has 6 heteroatoms. The predicted octanol–water partition coefficient (Wildman–Crippen LogP) is 1.34. The third-order valence-electron chi connectivity index (χ3n) is 2.47. The Kier molecular flexibility index (Phi) is 4.76. The summed E-state index contributed by atoms with van der Waals surface area (Å²) in [5.74, 6) is -4.17. The molecule has 0 fully saturated rings. The van der Waals surface area contributed by atoms with E-state index in [1.807, 2.05) is 0 Å². The van der Waals surface area contributed by atoms with Crippen molar-refractivity contribution >= 4 is 11.9 Å². The molecule has 0 heterocycles. The number of halogens is 2. The maximum Gasteiger partial charge on any atom is 0.315 e. The first-order valence-electron chi connectivity index (χ1n) is 5.36. The third kappa shape index (κ3) is 3.80. The van der Waals surface area contributed by atoms with Crippen molar-refractivity contribution in [2.75, 3.05) is 6.54 Å². The molecule has 0 radical (unpaired) electrons. The highest BCUT2D eigenvalue weighted by atomic mass is 19.1. The lowest BCUT2D eigenvalue weighted by molar-refractivity contribution is -0.146. The zero-order chi connectivity index (χ0) is 13.7. The summed E-state index contributed by atoms with van der Waals surface area (Å²) in [4.78, 5) is 21.8. The number of aliphatic carboxylic acids is 1. The summed E-state index contributed by atoms with van der Waals surface area (Å²) in [6.45, 7) is 1.30. The van der Waals surface area contributed by atoms with Gasteiger partial charge in [0.1, 0.15) is 17.6 Å². The minimum atomic E-state index is -1.23. The Morgan fingerprint density at radius 3 is 2.67 bits per heavy atom. The van der Waals surface area contributed by atoms with Crippen molar-refractivity contribution in [1.29, 1.82) is 0 Å². The lowest BCUT2D eigenvalue weighted by atomic mass is 10.1. The lowest BCUT2D eigenvalue weighted by Gasteiger charge is -2.08. The zero-order valence-corrected chi connectivity index (χ0v) is 9.74. The quantitative estimate of drug-likeness (QED) is 0.782. The smallest absolute Gasteiger partial charge is 0.315 e. The molecule has 1 atom stereocenters. The van der Waals surface area contributed by atoms with Gasteiger partial charge in [-0.05, 0) is 37.1 Å². The van der Waals surface area contributed by atoms with Gasteiger partial charge in [0, 0.05) is 6.54 Å². The number of carbonyl (C=O) groups is 2. The first-order valence-corrected chi connectivity index (χ1v) is 5.36. The van der Waals surface area contributed by atoms with E-state index in [4.69, 9.17) is 5.11 Å². The number of carboxylic acid groups (broad SMARTS) is 1. The SMILES string of the molecule is CC(C(=O)O)C(=O)NCCc1cc(F)ccc1F. The molecule has 0 spiro atoms. The Labute approximate surface area is 103 Å². The molecule has 0 aromatic heterocycles. The van der Waals surface area contributed by atoms with Gasteiger partial charge in [0.25, 0.3) is 0 Å². The lowest BCUT2D eigenvalue weighted by Crippen LogP contribution is -2.34. The highest BCUT2D eigenvalue weighted by Crippen LogP contribution is 2.09. The van der Waals surface area contributed by atoms with E-state index < -0.39 is 29.4 Å². The van der Waals surface area contributed by atoms with E-state index in [9.17, 15) is 18.4 Å². The molecule has 2 N–H and O–H groups in total. The summed E-state index contributed by atoms with van der Waals surface area (Å²) in [7, 11) is 0. The molecule has 1 rings (SSSR count). The van der Waals surface area contributed by atoms with Crippen molar-refractivity contribution in [3.8, 4) is 0 Å². The monoisotopic (exact) mass is 257 g/mol. The molecule has 1 aromatic carbocycles. The van der Waals surface area contributed by atoms with Crippen LogP contribution in [0.15, 0.2) is 18.2 Å². The van der Waals surface area contributed by atoms with Gasteiger partial charge in [0.15, 0.2) is 0 Å². The van der Waals surface area contributed by atoms with Gasteiger partial charge in [0.2, 0.25) is 5.91 Å². The molecule has 18 heavy (non-hydrogen) atoms. The van der Waals surface area contributed by atoms with Crippen molar-refractivity contribution in [2.45, 2.75) is 13.3 Å². The molecule has 98 valence electrons. The van der Waals surface area contributed by atoms with Gasteiger partial charge in [-0.25, -0.2) is 8.78 Å². The second kappa shape index (κ2) is 6.09. The van der Waals surface area contributed by atoms with Crippen molar-refractivity contribution in [3.05, 3.63) is 35.4 Å². The van der Waals surface area contributed by atoms with E-state index >= 15 is 0 Å². The van der Waals surface area contributed by atoms with Crippen LogP contribution in [0.3, 0.4) is 0 Å². The highest BCUT2D eigenvalue weighted by molar-refractivity contribution is 5.96. The van der Waals surface area contributed by atoms with Gasteiger partial charge >= 0.3 is 5.97 Å². The molecular weight excluding hydrogens is 244 g/mol. The first kappa shape index (κ1) is 14.1. The summed E-state index contributed by atoms with van der Waals surface area (Å²) < 4.78 is 26.0. The Bertz CT molecular complexity index is 463. The molecule has 1 aromatic rings. The highest BCUT2D eigenvalue weighted by Gasteiger charge is 2.19. The molecule has 0 saturated heterocycles. The largest absolute Gasteiger partial charge is 0.481 e. The van der Waals surface area contributed by atoms with Gasteiger partial charge < -0.3 is 10.4 Å². The summed E-state index contributed by atoms with van der Waals surface area (Å²) in [6, 6.07) is 3.05. The average molecular weight is 257 g/mol. The number of nitrogens with one attached hydrogen (secondary N) is 1. The standard InChI is InChI=1S/C12H13F2NO3/c1-7(12(17)18)11(16)15-5-4-8-6-9(13)2-3-10(8)14/h2-3,6-7H,4-5H2,1H3,(H,15,16)(H,17,18). The number of benzene rings is 1. The van der Waals surface area contributed by atoms with Crippen molar-refractivity contribution in [3.63, 3.8) is 0 Å². The Hall–Kier alpha value is -1.98. The summed E-state index contributed by atoms with van der Waals surface area (Å²) in [5.41, 5.74) is 0.137. The van der Waals surface area contributed by atoms with Crippen LogP contribution in [0.4, 0.5) is 8.78 Å². The molecule has 0 aliphatic carbocycles. The first-order chi connectivity index (χ1) is 8.41. The maximum absolute atomic E-state index is 13.2. The van der Waals surface area contributed by atoms with Crippen molar-refractivity contribution in [2.24, 2.45) is 5.92 Å². The molecule has 0 aliphatic heterocycles. The number of hydrogen-bond acceptors (Lipinski definition) is 2. The van der Waals surface area contributed by atoms with Crippen molar-refractivity contribution < 1.29 is 23.5 Å². The Morgan fingerprint density at radius 2 is 2.06 bits per heavy atom. The Morgan fingerprint density at radius 1 is 1.39 bits per heavy atom. The normalized spacial score (nSPS) is 11.9. The predicted molar refractivity (Wildman–Crippen MR) is 59.9 cm³/mol. The van der Waals surface area contributed by atoms with E-state index in [-0.39, 0.29) is 18.5 Å². The maximum atomic E-state index is 13.2. The molecule has 1 amide bonds.